The number of nitrogens with one attached hydrogen (secondary N) is 1. The average molecular weight is 581 g/mol. The Morgan fingerprint density at radius 3 is 2.25 bits per heavy atom. The van der Waals surface area contributed by atoms with Gasteiger partial charge in [0.15, 0.2) is 17.4 Å². The molecule has 5 atom stereocenters. The molecule has 9 nitrogen and oxygen atoms in total. The largest absolute Gasteiger partial charge is 0.404 e. The zero-order chi connectivity index (χ0) is 28.7. The minimum atomic E-state index is -2.89. The molecule has 0 aliphatic carbocycles. The van der Waals surface area contributed by atoms with Crippen molar-refractivity contribution in [3.05, 3.63) is 83.2 Å². The number of rotatable bonds is 8. The number of nitrogens with zero attached hydrogens (tertiary/aromatic N) is 3. The molecular formula is C29H37N4O5PSi. The van der Waals surface area contributed by atoms with E-state index in [9.17, 15) is 9.90 Å². The second-order valence-corrected chi connectivity index (χ2v) is 16.0. The second-order valence-electron chi connectivity index (χ2n) is 11.4. The van der Waals surface area contributed by atoms with Crippen molar-refractivity contribution >= 4 is 39.3 Å². The molecular weight excluding hydrogens is 543 g/mol. The highest BCUT2D eigenvalue weighted by atomic mass is 31.0. The van der Waals surface area contributed by atoms with Gasteiger partial charge in [-0.1, -0.05) is 88.4 Å². The fourth-order valence-corrected chi connectivity index (χ4v) is 11.0. The number of imidazole rings is 1. The molecule has 2 aromatic carbocycles. The van der Waals surface area contributed by atoms with Gasteiger partial charge < -0.3 is 23.8 Å². The molecule has 0 spiro atoms. The Labute approximate surface area is 237 Å². The lowest BCUT2D eigenvalue weighted by Crippen LogP contribution is -2.68. The van der Waals surface area contributed by atoms with E-state index < -0.39 is 32.4 Å². The molecule has 2 aromatic heterocycles. The zero-order valence-electron chi connectivity index (χ0n) is 23.5. The Morgan fingerprint density at radius 2 is 1.73 bits per heavy atom. The summed E-state index contributed by atoms with van der Waals surface area (Å²) in [5.41, 5.74) is -0.814. The second kappa shape index (κ2) is 10.9. The quantitative estimate of drug-likeness (QED) is 0.243. The van der Waals surface area contributed by atoms with Crippen molar-refractivity contribution in [2.75, 3.05) is 6.61 Å². The summed E-state index contributed by atoms with van der Waals surface area (Å²) in [4.78, 5) is 23.9. The molecule has 11 heteroatoms. The van der Waals surface area contributed by atoms with Gasteiger partial charge in [0.25, 0.3) is 13.9 Å². The summed E-state index contributed by atoms with van der Waals surface area (Å²) in [5, 5.41) is 13.6. The van der Waals surface area contributed by atoms with Gasteiger partial charge in [-0.2, -0.15) is 0 Å². The lowest BCUT2D eigenvalue weighted by molar-refractivity contribution is -0.120. The van der Waals surface area contributed by atoms with E-state index in [0.29, 0.717) is 17.9 Å². The molecule has 4 aromatic rings. The van der Waals surface area contributed by atoms with Gasteiger partial charge in [0.2, 0.25) is 0 Å². The summed E-state index contributed by atoms with van der Waals surface area (Å²) in [6.07, 6.45) is -0.691. The molecule has 1 fully saturated rings. The van der Waals surface area contributed by atoms with Gasteiger partial charge in [0, 0.05) is 9.47 Å². The van der Waals surface area contributed by atoms with Crippen LogP contribution in [0.15, 0.2) is 71.8 Å². The molecule has 0 bridgehead atoms. The Bertz CT molecular complexity index is 1480. The third kappa shape index (κ3) is 4.66. The number of hydrogen-bond acceptors (Lipinski definition) is 7. The van der Waals surface area contributed by atoms with Gasteiger partial charge in [-0.15, -0.1) is 0 Å². The van der Waals surface area contributed by atoms with Gasteiger partial charge >= 0.3 is 0 Å². The standard InChI is InChI=1S/C29H37N4O5PSi/c1-6-29(17-36-40(28(3,4)5,20-13-9-7-10-14-20)21-15-11-8-12-16-21)24(38-39)23(34)27(37-29)33-18-30-22-25(33)31-19(2)32-26(22)35/h7-16,18,23-24,27,34H,6,17,39H2,1-5H3,(H,31,32,35)/t23-,24+,27-,29+/m1/s1. The number of ether oxygens (including phenoxy) is 1. The van der Waals surface area contributed by atoms with Crippen LogP contribution in [0.25, 0.3) is 11.2 Å². The van der Waals surface area contributed by atoms with Crippen LogP contribution in [0, 0.1) is 6.92 Å². The predicted octanol–water partition coefficient (Wildman–Crippen LogP) is 3.22. The molecule has 1 unspecified atom stereocenters. The Hall–Kier alpha value is -2.72. The first kappa shape index (κ1) is 28.8. The molecule has 5 rings (SSSR count). The van der Waals surface area contributed by atoms with Crippen LogP contribution >= 0.6 is 9.47 Å². The number of aromatic nitrogens is 4. The highest BCUT2D eigenvalue weighted by molar-refractivity contribution is 7.09. The zero-order valence-corrected chi connectivity index (χ0v) is 25.7. The number of aliphatic hydroxyl groups excluding tert-OH is 1. The van der Waals surface area contributed by atoms with Gasteiger partial charge in [0.05, 0.1) is 12.9 Å². The fourth-order valence-electron chi connectivity index (χ4n) is 5.98. The van der Waals surface area contributed by atoms with E-state index >= 15 is 0 Å². The molecule has 212 valence electrons. The van der Waals surface area contributed by atoms with Crippen LogP contribution in [0.1, 0.15) is 46.2 Å². The number of hydrogen-bond donors (Lipinski definition) is 2. The van der Waals surface area contributed by atoms with Crippen LogP contribution in [-0.4, -0.2) is 57.4 Å². The minimum Gasteiger partial charge on any atom is -0.404 e. The maximum absolute atomic E-state index is 12.5. The Balaban J connectivity index is 1.58. The first-order valence-corrected chi connectivity index (χ1v) is 15.9. The van der Waals surface area contributed by atoms with Crippen LogP contribution in [0.2, 0.25) is 5.04 Å². The molecule has 1 aliphatic heterocycles. The van der Waals surface area contributed by atoms with Crippen LogP contribution in [0.4, 0.5) is 0 Å². The summed E-state index contributed by atoms with van der Waals surface area (Å²) in [7, 11) is -0.610. The number of H-pyrrole nitrogens is 1. The van der Waals surface area contributed by atoms with Crippen molar-refractivity contribution in [3.8, 4) is 0 Å². The van der Waals surface area contributed by atoms with Crippen molar-refractivity contribution in [3.63, 3.8) is 0 Å². The number of benzene rings is 2. The highest BCUT2D eigenvalue weighted by Crippen LogP contribution is 2.45. The molecule has 1 saturated heterocycles. The maximum atomic E-state index is 12.5. The summed E-state index contributed by atoms with van der Waals surface area (Å²) >= 11 is 0. The summed E-state index contributed by atoms with van der Waals surface area (Å²) < 4.78 is 21.4. The van der Waals surface area contributed by atoms with Gasteiger partial charge in [0.1, 0.15) is 23.6 Å². The molecule has 0 amide bonds. The van der Waals surface area contributed by atoms with E-state index in [1.165, 1.54) is 6.33 Å². The fraction of sp³-hybridized carbons (Fsp3) is 0.414. The lowest BCUT2D eigenvalue weighted by atomic mass is 9.93. The van der Waals surface area contributed by atoms with Crippen molar-refractivity contribution < 1.29 is 18.8 Å². The van der Waals surface area contributed by atoms with Crippen LogP contribution in [0.5, 0.6) is 0 Å². The summed E-state index contributed by atoms with van der Waals surface area (Å²) in [6, 6.07) is 20.8. The molecule has 0 radical (unpaired) electrons. The van der Waals surface area contributed by atoms with Crippen molar-refractivity contribution in [1.29, 1.82) is 0 Å². The van der Waals surface area contributed by atoms with Crippen LogP contribution in [-0.2, 0) is 13.7 Å². The maximum Gasteiger partial charge on any atom is 0.279 e. The monoisotopic (exact) mass is 580 g/mol. The predicted molar refractivity (Wildman–Crippen MR) is 160 cm³/mol. The van der Waals surface area contributed by atoms with E-state index in [0.717, 1.165) is 10.4 Å². The third-order valence-electron chi connectivity index (χ3n) is 8.00. The van der Waals surface area contributed by atoms with Gasteiger partial charge in [-0.25, -0.2) is 9.97 Å². The SMILES string of the molecule is CC[C@@]1(CO[Si](c2ccccc2)(c2ccccc2)C(C)(C)C)O[C@@H](n2cnc3c(=O)[nH]c(C)nc32)[C@H](O)[C@@H]1OP. The number of aryl methyl sites for hydroxylation is 1. The van der Waals surface area contributed by atoms with Gasteiger partial charge in [-0.3, -0.25) is 9.36 Å². The molecule has 0 saturated carbocycles. The summed E-state index contributed by atoms with van der Waals surface area (Å²) in [6.45, 7) is 10.5. The normalized spacial score (nSPS) is 23.6. The van der Waals surface area contributed by atoms with Crippen molar-refractivity contribution in [2.45, 2.75) is 70.1 Å². The lowest BCUT2D eigenvalue weighted by Gasteiger charge is -2.45. The third-order valence-corrected chi connectivity index (χ3v) is 13.3. The van der Waals surface area contributed by atoms with Gasteiger partial charge in [-0.05, 0) is 28.8 Å². The highest BCUT2D eigenvalue weighted by Gasteiger charge is 2.58. The average Bonchev–Trinajstić information content (AvgIpc) is 3.48. The minimum absolute atomic E-state index is 0.183. The Kier molecular flexibility index (Phi) is 7.87. The molecule has 40 heavy (non-hydrogen) atoms. The molecule has 2 N–H and O–H groups in total. The first-order chi connectivity index (χ1) is 19.1. The van der Waals surface area contributed by atoms with E-state index in [4.69, 9.17) is 13.7 Å². The smallest absolute Gasteiger partial charge is 0.279 e. The van der Waals surface area contributed by atoms with Crippen molar-refractivity contribution in [2.24, 2.45) is 0 Å². The van der Waals surface area contributed by atoms with E-state index in [2.05, 4.69) is 69.5 Å². The van der Waals surface area contributed by atoms with Crippen LogP contribution in [0.3, 0.4) is 0 Å². The van der Waals surface area contributed by atoms with E-state index in [1.54, 1.807) is 11.5 Å². The van der Waals surface area contributed by atoms with Crippen molar-refractivity contribution in [1.82, 2.24) is 19.5 Å². The topological polar surface area (TPSA) is 111 Å². The molecule has 1 aliphatic rings. The number of aliphatic hydroxyl groups is 1. The number of fused-ring (bicyclic) bond motifs is 1. The Morgan fingerprint density at radius 1 is 1.12 bits per heavy atom. The van der Waals surface area contributed by atoms with E-state index in [-0.39, 0.29) is 22.7 Å². The van der Waals surface area contributed by atoms with E-state index in [1.807, 2.05) is 43.3 Å². The molecule has 3 heterocycles. The summed E-state index contributed by atoms with van der Waals surface area (Å²) in [5.74, 6) is 0.447. The van der Waals surface area contributed by atoms with Crippen LogP contribution < -0.4 is 15.9 Å². The first-order valence-electron chi connectivity index (χ1n) is 13.5. The number of aromatic amines is 1.